The smallest absolute Gasteiger partial charge is 0.240 e. The van der Waals surface area contributed by atoms with Crippen molar-refractivity contribution in [1.82, 2.24) is 4.72 Å². The Labute approximate surface area is 120 Å². The number of hydrogen-bond acceptors (Lipinski definition) is 3. The average molecular weight is 294 g/mol. The molecule has 0 atom stereocenters. The van der Waals surface area contributed by atoms with E-state index in [0.29, 0.717) is 23.5 Å². The van der Waals surface area contributed by atoms with Crippen molar-refractivity contribution in [3.05, 3.63) is 23.8 Å². The van der Waals surface area contributed by atoms with Gasteiger partial charge in [0.25, 0.3) is 0 Å². The third kappa shape index (κ3) is 2.56. The summed E-state index contributed by atoms with van der Waals surface area (Å²) < 4.78 is 27.8. The van der Waals surface area contributed by atoms with Gasteiger partial charge >= 0.3 is 0 Å². The number of benzene rings is 1. The van der Waals surface area contributed by atoms with Crippen LogP contribution in [0.2, 0.25) is 0 Å². The van der Waals surface area contributed by atoms with Gasteiger partial charge in [-0.2, -0.15) is 0 Å². The number of nitrogen functional groups attached to an aromatic ring is 1. The summed E-state index contributed by atoms with van der Waals surface area (Å²) in [4.78, 5) is 0.339. The molecule has 0 amide bonds. The Bertz CT molecular complexity index is 617. The first-order chi connectivity index (χ1) is 9.47. The summed E-state index contributed by atoms with van der Waals surface area (Å²) in [6.45, 7) is 2.54. The first-order valence-corrected chi connectivity index (χ1v) is 8.83. The maximum atomic E-state index is 12.5. The minimum absolute atomic E-state index is 0.264. The number of hydrogen-bond donors (Lipinski definition) is 2. The van der Waals surface area contributed by atoms with Crippen molar-refractivity contribution in [3.8, 4) is 0 Å². The van der Waals surface area contributed by atoms with E-state index in [9.17, 15) is 8.42 Å². The minimum atomic E-state index is -3.45. The van der Waals surface area contributed by atoms with E-state index in [1.165, 1.54) is 12.8 Å². The molecule has 3 rings (SSSR count). The molecule has 1 aromatic rings. The molecule has 0 aromatic heterocycles. The first kappa shape index (κ1) is 13.9. The van der Waals surface area contributed by atoms with Crippen LogP contribution in [-0.2, 0) is 16.4 Å². The van der Waals surface area contributed by atoms with Gasteiger partial charge in [-0.25, -0.2) is 13.1 Å². The van der Waals surface area contributed by atoms with E-state index in [1.807, 2.05) is 6.92 Å². The summed E-state index contributed by atoms with van der Waals surface area (Å²) in [5, 5.41) is 0. The van der Waals surface area contributed by atoms with Gasteiger partial charge in [-0.1, -0.05) is 13.0 Å². The number of rotatable bonds is 6. The fourth-order valence-electron chi connectivity index (χ4n) is 3.02. The molecule has 0 radical (unpaired) electrons. The second kappa shape index (κ2) is 4.74. The lowest BCUT2D eigenvalue weighted by atomic mass is 10.0. The monoisotopic (exact) mass is 294 g/mol. The van der Waals surface area contributed by atoms with Crippen molar-refractivity contribution in [3.63, 3.8) is 0 Å². The van der Waals surface area contributed by atoms with Gasteiger partial charge in [-0.15, -0.1) is 0 Å². The summed E-state index contributed by atoms with van der Waals surface area (Å²) in [5.41, 5.74) is 7.32. The standard InChI is InChI=1S/C15H22N2O2S/c1-2-11-3-6-13(16)9-14(11)20(18,19)17-10-15(7-8-15)12-4-5-12/h3,6,9,12,17H,2,4-5,7-8,10,16H2,1H3. The molecule has 0 bridgehead atoms. The molecule has 0 unspecified atom stereocenters. The molecule has 0 aliphatic heterocycles. The molecular weight excluding hydrogens is 272 g/mol. The Balaban J connectivity index is 1.79. The van der Waals surface area contributed by atoms with Crippen LogP contribution in [-0.4, -0.2) is 15.0 Å². The van der Waals surface area contributed by atoms with Gasteiger partial charge in [0.05, 0.1) is 4.90 Å². The number of nitrogens with two attached hydrogens (primary N) is 1. The molecule has 0 spiro atoms. The van der Waals surface area contributed by atoms with Crippen molar-refractivity contribution >= 4 is 15.7 Å². The van der Waals surface area contributed by atoms with Gasteiger partial charge < -0.3 is 5.73 Å². The molecular formula is C15H22N2O2S. The summed E-state index contributed by atoms with van der Waals surface area (Å²) in [6.07, 6.45) is 5.54. The predicted octanol–water partition coefficient (Wildman–Crippen LogP) is 2.30. The number of nitrogens with one attached hydrogen (secondary N) is 1. The second-order valence-electron chi connectivity index (χ2n) is 6.18. The third-order valence-corrected chi connectivity index (χ3v) is 6.19. The van der Waals surface area contributed by atoms with Crippen LogP contribution in [0.15, 0.2) is 23.1 Å². The molecule has 1 aromatic carbocycles. The maximum Gasteiger partial charge on any atom is 0.240 e. The molecule has 2 aliphatic rings. The average Bonchev–Trinajstić information content (AvgIpc) is 3.28. The summed E-state index contributed by atoms with van der Waals surface area (Å²) in [5.74, 6) is 0.747. The van der Waals surface area contributed by atoms with Gasteiger partial charge in [0.15, 0.2) is 0 Å². The fourth-order valence-corrected chi connectivity index (χ4v) is 4.50. The van der Waals surface area contributed by atoms with Gasteiger partial charge in [-0.3, -0.25) is 0 Å². The van der Waals surface area contributed by atoms with Crippen LogP contribution in [0.3, 0.4) is 0 Å². The highest BCUT2D eigenvalue weighted by molar-refractivity contribution is 7.89. The number of sulfonamides is 1. The maximum absolute atomic E-state index is 12.5. The van der Waals surface area contributed by atoms with Crippen LogP contribution in [0.1, 0.15) is 38.2 Å². The Kier molecular flexibility index (Phi) is 3.29. The fraction of sp³-hybridized carbons (Fsp3) is 0.600. The summed E-state index contributed by atoms with van der Waals surface area (Å²) in [6, 6.07) is 5.12. The van der Waals surface area contributed by atoms with Crippen molar-refractivity contribution in [2.45, 2.75) is 43.9 Å². The highest BCUT2D eigenvalue weighted by Crippen LogP contribution is 2.60. The molecule has 0 saturated heterocycles. The first-order valence-electron chi connectivity index (χ1n) is 7.35. The van der Waals surface area contributed by atoms with Gasteiger partial charge in [0.1, 0.15) is 0 Å². The van der Waals surface area contributed by atoms with E-state index in [1.54, 1.807) is 18.2 Å². The highest BCUT2D eigenvalue weighted by Gasteiger charge is 2.53. The second-order valence-corrected chi connectivity index (χ2v) is 7.92. The Morgan fingerprint density at radius 3 is 2.60 bits per heavy atom. The Morgan fingerprint density at radius 2 is 2.05 bits per heavy atom. The minimum Gasteiger partial charge on any atom is -0.399 e. The van der Waals surface area contributed by atoms with Crippen LogP contribution in [0, 0.1) is 11.3 Å². The van der Waals surface area contributed by atoms with Crippen molar-refractivity contribution in [1.29, 1.82) is 0 Å². The zero-order valence-corrected chi connectivity index (χ0v) is 12.7. The lowest BCUT2D eigenvalue weighted by molar-refractivity contribution is 0.431. The number of aryl methyl sites for hydroxylation is 1. The van der Waals surface area contributed by atoms with Crippen LogP contribution in [0.5, 0.6) is 0 Å². The zero-order chi connectivity index (χ0) is 14.4. The molecule has 2 fully saturated rings. The molecule has 4 nitrogen and oxygen atoms in total. The molecule has 110 valence electrons. The number of anilines is 1. The van der Waals surface area contributed by atoms with Crippen LogP contribution < -0.4 is 10.5 Å². The Morgan fingerprint density at radius 1 is 1.35 bits per heavy atom. The summed E-state index contributed by atoms with van der Waals surface area (Å²) in [7, 11) is -3.45. The quantitative estimate of drug-likeness (QED) is 0.791. The van der Waals surface area contributed by atoms with Gasteiger partial charge in [0.2, 0.25) is 10.0 Å². The largest absolute Gasteiger partial charge is 0.399 e. The van der Waals surface area contributed by atoms with Gasteiger partial charge in [-0.05, 0) is 61.1 Å². The van der Waals surface area contributed by atoms with Crippen LogP contribution in [0.25, 0.3) is 0 Å². The molecule has 2 saturated carbocycles. The third-order valence-electron chi connectivity index (χ3n) is 4.71. The van der Waals surface area contributed by atoms with Crippen molar-refractivity contribution in [2.75, 3.05) is 12.3 Å². The van der Waals surface area contributed by atoms with Gasteiger partial charge in [0, 0.05) is 12.2 Å². The van der Waals surface area contributed by atoms with E-state index < -0.39 is 10.0 Å². The molecule has 2 aliphatic carbocycles. The van der Waals surface area contributed by atoms with Crippen molar-refractivity contribution in [2.24, 2.45) is 11.3 Å². The van der Waals surface area contributed by atoms with Crippen molar-refractivity contribution < 1.29 is 8.42 Å². The predicted molar refractivity (Wildman–Crippen MR) is 79.8 cm³/mol. The Hall–Kier alpha value is -1.07. The molecule has 0 heterocycles. The topological polar surface area (TPSA) is 72.2 Å². The van der Waals surface area contributed by atoms with E-state index in [2.05, 4.69) is 4.72 Å². The highest BCUT2D eigenvalue weighted by atomic mass is 32.2. The lowest BCUT2D eigenvalue weighted by Gasteiger charge is -2.16. The normalized spacial score (nSPS) is 20.9. The molecule has 5 heteroatoms. The van der Waals surface area contributed by atoms with Crippen LogP contribution in [0.4, 0.5) is 5.69 Å². The lowest BCUT2D eigenvalue weighted by Crippen LogP contribution is -2.31. The zero-order valence-electron chi connectivity index (χ0n) is 11.9. The SMILES string of the molecule is CCc1ccc(N)cc1S(=O)(=O)NCC1(C2CC2)CC1. The summed E-state index contributed by atoms with van der Waals surface area (Å²) >= 11 is 0. The van der Waals surface area contributed by atoms with E-state index in [-0.39, 0.29) is 5.41 Å². The molecule has 3 N–H and O–H groups in total. The van der Waals surface area contributed by atoms with Crippen LogP contribution >= 0.6 is 0 Å². The van der Waals surface area contributed by atoms with E-state index in [0.717, 1.165) is 24.3 Å². The van der Waals surface area contributed by atoms with E-state index in [4.69, 9.17) is 5.73 Å². The molecule has 20 heavy (non-hydrogen) atoms. The van der Waals surface area contributed by atoms with E-state index >= 15 is 0 Å².